The molecule has 21 heavy (non-hydrogen) atoms. The summed E-state index contributed by atoms with van der Waals surface area (Å²) in [4.78, 5) is 0.170. The standard InChI is InChI=1S/C13H16ClNO4S2/c14-10-1-5-13(6-2-10)21(18,19)15(11-3-4-11)12-7-8-20(16,17)9-12/h1-2,5-6,11-12H,3-4,7-9H2/t12-/m0/s1. The molecule has 1 atom stereocenters. The highest BCUT2D eigenvalue weighted by Gasteiger charge is 2.46. The lowest BCUT2D eigenvalue weighted by Gasteiger charge is -2.27. The van der Waals surface area contributed by atoms with Crippen LogP contribution in [0.1, 0.15) is 19.3 Å². The average molecular weight is 350 g/mol. The Kier molecular flexibility index (Phi) is 3.80. The molecule has 0 amide bonds. The van der Waals surface area contributed by atoms with Gasteiger partial charge in [0.15, 0.2) is 9.84 Å². The van der Waals surface area contributed by atoms with Gasteiger partial charge in [-0.1, -0.05) is 11.6 Å². The molecule has 2 fully saturated rings. The van der Waals surface area contributed by atoms with Gasteiger partial charge >= 0.3 is 0 Å². The number of sulfone groups is 1. The van der Waals surface area contributed by atoms with E-state index in [0.717, 1.165) is 12.8 Å². The van der Waals surface area contributed by atoms with Crippen molar-refractivity contribution in [1.82, 2.24) is 4.31 Å². The van der Waals surface area contributed by atoms with Gasteiger partial charge in [0.05, 0.1) is 16.4 Å². The minimum Gasteiger partial charge on any atom is -0.229 e. The molecule has 0 spiro atoms. The van der Waals surface area contributed by atoms with Gasteiger partial charge < -0.3 is 0 Å². The number of hydrogen-bond acceptors (Lipinski definition) is 4. The van der Waals surface area contributed by atoms with Crippen LogP contribution in [-0.4, -0.2) is 44.7 Å². The van der Waals surface area contributed by atoms with Crippen molar-refractivity contribution in [2.24, 2.45) is 0 Å². The molecule has 0 aromatic heterocycles. The molecule has 116 valence electrons. The predicted octanol–water partition coefficient (Wildman–Crippen LogP) is 1.68. The van der Waals surface area contributed by atoms with Crippen molar-refractivity contribution in [3.05, 3.63) is 29.3 Å². The van der Waals surface area contributed by atoms with Crippen LogP contribution in [0.2, 0.25) is 5.02 Å². The van der Waals surface area contributed by atoms with Crippen LogP contribution in [0.3, 0.4) is 0 Å². The third-order valence-electron chi connectivity index (χ3n) is 3.86. The van der Waals surface area contributed by atoms with E-state index >= 15 is 0 Å². The molecule has 1 aliphatic carbocycles. The second kappa shape index (κ2) is 5.22. The fourth-order valence-corrected chi connectivity index (χ4v) is 6.55. The summed E-state index contributed by atoms with van der Waals surface area (Å²) in [6.45, 7) is 0. The van der Waals surface area contributed by atoms with E-state index in [1.807, 2.05) is 0 Å². The normalized spacial score (nSPS) is 25.3. The van der Waals surface area contributed by atoms with Crippen molar-refractivity contribution in [3.63, 3.8) is 0 Å². The molecule has 3 rings (SSSR count). The van der Waals surface area contributed by atoms with Crippen LogP contribution < -0.4 is 0 Å². The van der Waals surface area contributed by atoms with Crippen molar-refractivity contribution in [1.29, 1.82) is 0 Å². The van der Waals surface area contributed by atoms with Gasteiger partial charge in [-0.3, -0.25) is 0 Å². The summed E-state index contributed by atoms with van der Waals surface area (Å²) in [5, 5.41) is 0.468. The minimum atomic E-state index is -3.68. The maximum Gasteiger partial charge on any atom is 0.243 e. The largest absolute Gasteiger partial charge is 0.243 e. The Morgan fingerprint density at radius 3 is 2.14 bits per heavy atom. The van der Waals surface area contributed by atoms with Gasteiger partial charge in [0.1, 0.15) is 0 Å². The van der Waals surface area contributed by atoms with Crippen LogP contribution in [-0.2, 0) is 19.9 Å². The molecule has 2 aliphatic rings. The minimum absolute atomic E-state index is 0.0658. The summed E-state index contributed by atoms with van der Waals surface area (Å²) in [5.74, 6) is -0.00660. The molecule has 1 heterocycles. The second-order valence-electron chi connectivity index (χ2n) is 5.58. The van der Waals surface area contributed by atoms with E-state index < -0.39 is 25.9 Å². The molecule has 0 bridgehead atoms. The summed E-state index contributed by atoms with van der Waals surface area (Å²) in [7, 11) is -6.80. The first kappa shape index (κ1) is 15.3. The molecule has 5 nitrogen and oxygen atoms in total. The monoisotopic (exact) mass is 349 g/mol. The number of benzene rings is 1. The summed E-state index contributed by atoms with van der Waals surface area (Å²) >= 11 is 5.79. The smallest absolute Gasteiger partial charge is 0.229 e. The fraction of sp³-hybridized carbons (Fsp3) is 0.538. The molecular formula is C13H16ClNO4S2. The van der Waals surface area contributed by atoms with Gasteiger partial charge in [-0.25, -0.2) is 16.8 Å². The number of rotatable bonds is 4. The Labute approximate surface area is 129 Å². The molecule has 1 saturated carbocycles. The molecular weight excluding hydrogens is 334 g/mol. The van der Waals surface area contributed by atoms with E-state index in [0.29, 0.717) is 11.4 Å². The van der Waals surface area contributed by atoms with E-state index in [1.54, 1.807) is 0 Å². The summed E-state index contributed by atoms with van der Waals surface area (Å²) in [6, 6.07) is 5.50. The Morgan fingerprint density at radius 2 is 1.67 bits per heavy atom. The Bertz CT molecular complexity index is 739. The van der Waals surface area contributed by atoms with Crippen LogP contribution in [0.5, 0.6) is 0 Å². The first-order valence-corrected chi connectivity index (χ1v) is 10.4. The van der Waals surface area contributed by atoms with Gasteiger partial charge in [-0.05, 0) is 43.5 Å². The number of nitrogens with zero attached hydrogens (tertiary/aromatic N) is 1. The van der Waals surface area contributed by atoms with Crippen molar-refractivity contribution in [2.45, 2.75) is 36.2 Å². The number of halogens is 1. The molecule has 8 heteroatoms. The zero-order valence-corrected chi connectivity index (χ0v) is 13.7. The highest BCUT2D eigenvalue weighted by atomic mass is 35.5. The van der Waals surface area contributed by atoms with Gasteiger partial charge in [-0.15, -0.1) is 0 Å². The molecule has 1 aromatic carbocycles. The van der Waals surface area contributed by atoms with E-state index in [4.69, 9.17) is 11.6 Å². The topological polar surface area (TPSA) is 71.5 Å². The van der Waals surface area contributed by atoms with Gasteiger partial charge in [-0.2, -0.15) is 4.31 Å². The quantitative estimate of drug-likeness (QED) is 0.829. The number of hydrogen-bond donors (Lipinski definition) is 0. The molecule has 1 aliphatic heterocycles. The fourth-order valence-electron chi connectivity index (χ4n) is 2.72. The van der Waals surface area contributed by atoms with E-state index in [1.165, 1.54) is 28.6 Å². The van der Waals surface area contributed by atoms with Crippen LogP contribution in [0.25, 0.3) is 0 Å². The van der Waals surface area contributed by atoms with E-state index in [9.17, 15) is 16.8 Å². The number of sulfonamides is 1. The average Bonchev–Trinajstić information content (AvgIpc) is 3.14. The van der Waals surface area contributed by atoms with Gasteiger partial charge in [0.25, 0.3) is 0 Å². The van der Waals surface area contributed by atoms with Gasteiger partial charge in [0, 0.05) is 17.1 Å². The maximum absolute atomic E-state index is 12.8. The van der Waals surface area contributed by atoms with Crippen LogP contribution in [0, 0.1) is 0 Å². The summed E-state index contributed by atoms with van der Waals surface area (Å²) in [6.07, 6.45) is 1.97. The highest BCUT2D eigenvalue weighted by molar-refractivity contribution is 7.92. The van der Waals surface area contributed by atoms with Crippen molar-refractivity contribution < 1.29 is 16.8 Å². The molecule has 0 radical (unpaired) electrons. The zero-order chi connectivity index (χ0) is 15.3. The van der Waals surface area contributed by atoms with Gasteiger partial charge in [0.2, 0.25) is 10.0 Å². The summed E-state index contributed by atoms with van der Waals surface area (Å²) in [5.41, 5.74) is 0. The lowest BCUT2D eigenvalue weighted by Crippen LogP contribution is -2.42. The molecule has 1 aromatic rings. The third kappa shape index (κ3) is 3.11. The molecule has 1 saturated heterocycles. The van der Waals surface area contributed by atoms with Crippen molar-refractivity contribution >= 4 is 31.5 Å². The third-order valence-corrected chi connectivity index (χ3v) is 7.89. The molecule has 0 unspecified atom stereocenters. The highest BCUT2D eigenvalue weighted by Crippen LogP contribution is 2.37. The predicted molar refractivity (Wildman–Crippen MR) is 80.6 cm³/mol. The first-order chi connectivity index (χ1) is 9.79. The van der Waals surface area contributed by atoms with Crippen molar-refractivity contribution in [3.8, 4) is 0 Å². The van der Waals surface area contributed by atoms with E-state index in [2.05, 4.69) is 0 Å². The van der Waals surface area contributed by atoms with Crippen LogP contribution >= 0.6 is 11.6 Å². The molecule has 0 N–H and O–H groups in total. The van der Waals surface area contributed by atoms with Crippen LogP contribution in [0.15, 0.2) is 29.2 Å². The Morgan fingerprint density at radius 1 is 1.05 bits per heavy atom. The van der Waals surface area contributed by atoms with Crippen molar-refractivity contribution in [2.75, 3.05) is 11.5 Å². The maximum atomic E-state index is 12.8. The Balaban J connectivity index is 1.95. The van der Waals surface area contributed by atoms with Crippen LogP contribution in [0.4, 0.5) is 0 Å². The first-order valence-electron chi connectivity index (χ1n) is 6.79. The lowest BCUT2D eigenvalue weighted by atomic mass is 10.2. The van der Waals surface area contributed by atoms with E-state index in [-0.39, 0.29) is 22.4 Å². The lowest BCUT2D eigenvalue weighted by molar-refractivity contribution is 0.332. The zero-order valence-electron chi connectivity index (χ0n) is 11.3. The SMILES string of the molecule is O=S1(=O)CC[C@H](N(C2CC2)S(=O)(=O)c2ccc(Cl)cc2)C1. The second-order valence-corrected chi connectivity index (χ2v) is 10.1. The summed E-state index contributed by atoms with van der Waals surface area (Å²) < 4.78 is 50.4. The Hall–Kier alpha value is -0.630.